The van der Waals surface area contributed by atoms with E-state index in [-0.39, 0.29) is 0 Å². The van der Waals surface area contributed by atoms with Crippen molar-refractivity contribution in [2.24, 2.45) is 0 Å². The Morgan fingerprint density at radius 1 is 1.26 bits per heavy atom. The Morgan fingerprint density at radius 2 is 2.00 bits per heavy atom. The van der Waals surface area contributed by atoms with Crippen molar-refractivity contribution >= 4 is 38.6 Å². The molecule has 1 N–H and O–H groups in total. The molecule has 2 rings (SSSR count). The van der Waals surface area contributed by atoms with Gasteiger partial charge in [-0.05, 0) is 58.9 Å². The van der Waals surface area contributed by atoms with Crippen LogP contribution in [-0.2, 0) is 0 Å². The molecule has 1 heterocycles. The third-order valence-corrected chi connectivity index (χ3v) is 5.17. The van der Waals surface area contributed by atoms with Crippen molar-refractivity contribution < 1.29 is 0 Å². The van der Waals surface area contributed by atoms with Crippen molar-refractivity contribution in [3.63, 3.8) is 0 Å². The van der Waals surface area contributed by atoms with E-state index in [4.69, 9.17) is 0 Å². The van der Waals surface area contributed by atoms with E-state index in [9.17, 15) is 0 Å². The van der Waals surface area contributed by atoms with Gasteiger partial charge in [-0.3, -0.25) is 0 Å². The van der Waals surface area contributed by atoms with Gasteiger partial charge in [-0.25, -0.2) is 0 Å². The van der Waals surface area contributed by atoms with E-state index in [1.54, 1.807) is 11.3 Å². The number of rotatable bonds is 4. The van der Waals surface area contributed by atoms with Crippen molar-refractivity contribution in [1.82, 2.24) is 0 Å². The van der Waals surface area contributed by atoms with E-state index < -0.39 is 0 Å². The molecule has 0 saturated carbocycles. The molecule has 1 atom stereocenters. The minimum absolute atomic E-state index is 0.298. The lowest BCUT2D eigenvalue weighted by atomic mass is 10.1. The number of halogens is 1. The van der Waals surface area contributed by atoms with Gasteiger partial charge in [0.2, 0.25) is 0 Å². The topological polar surface area (TPSA) is 15.3 Å². The van der Waals surface area contributed by atoms with Crippen LogP contribution in [0.25, 0.3) is 0 Å². The Kier molecular flexibility index (Phi) is 4.53. The second-order valence-corrected chi connectivity index (χ2v) is 6.70. The van der Waals surface area contributed by atoms with Gasteiger partial charge in [-0.2, -0.15) is 0 Å². The maximum absolute atomic E-state index is 3.59. The smallest absolute Gasteiger partial charge is 0.0589 e. The van der Waals surface area contributed by atoms with Crippen LogP contribution in [-0.4, -0.2) is 14.1 Å². The van der Waals surface area contributed by atoms with Gasteiger partial charge in [0.15, 0.2) is 0 Å². The summed E-state index contributed by atoms with van der Waals surface area (Å²) in [7, 11) is 4.15. The fourth-order valence-corrected chi connectivity index (χ4v) is 3.84. The summed E-state index contributed by atoms with van der Waals surface area (Å²) in [5.74, 6) is 0. The molecule has 0 saturated heterocycles. The molecule has 102 valence electrons. The predicted molar refractivity (Wildman–Crippen MR) is 89.6 cm³/mol. The summed E-state index contributed by atoms with van der Waals surface area (Å²) in [5.41, 5.74) is 3.70. The molecule has 2 nitrogen and oxygen atoms in total. The van der Waals surface area contributed by atoms with Crippen molar-refractivity contribution in [2.75, 3.05) is 24.3 Å². The summed E-state index contributed by atoms with van der Waals surface area (Å²) < 4.78 is 1.18. The summed E-state index contributed by atoms with van der Waals surface area (Å²) in [4.78, 5) is 3.47. The third-order valence-electron chi connectivity index (χ3n) is 3.11. The Balaban J connectivity index is 2.20. The van der Waals surface area contributed by atoms with E-state index in [0.29, 0.717) is 6.04 Å². The van der Waals surface area contributed by atoms with Crippen LogP contribution in [0.15, 0.2) is 34.1 Å². The normalized spacial score (nSPS) is 12.3. The maximum Gasteiger partial charge on any atom is 0.0589 e. The molecule has 1 aromatic carbocycles. The van der Waals surface area contributed by atoms with E-state index >= 15 is 0 Å². The second kappa shape index (κ2) is 5.97. The van der Waals surface area contributed by atoms with Gasteiger partial charge < -0.3 is 10.2 Å². The zero-order valence-electron chi connectivity index (χ0n) is 11.7. The van der Waals surface area contributed by atoms with Gasteiger partial charge in [0.05, 0.1) is 6.04 Å². The number of benzene rings is 1. The fourth-order valence-electron chi connectivity index (χ4n) is 2.11. The Bertz CT molecular complexity index is 563. The number of aryl methyl sites for hydroxylation is 1. The maximum atomic E-state index is 3.59. The van der Waals surface area contributed by atoms with Gasteiger partial charge in [0.1, 0.15) is 0 Å². The first-order chi connectivity index (χ1) is 8.99. The molecule has 0 aliphatic heterocycles. The van der Waals surface area contributed by atoms with Crippen LogP contribution in [0.2, 0.25) is 0 Å². The second-order valence-electron chi connectivity index (χ2n) is 4.89. The number of nitrogens with one attached hydrogen (secondary N) is 1. The summed E-state index contributed by atoms with van der Waals surface area (Å²) in [6.45, 7) is 4.32. The molecule has 0 aliphatic carbocycles. The average molecular weight is 339 g/mol. The molecule has 0 spiro atoms. The molecular weight excluding hydrogens is 320 g/mol. The largest absolute Gasteiger partial charge is 0.378 e. The van der Waals surface area contributed by atoms with Gasteiger partial charge in [0.25, 0.3) is 0 Å². The molecule has 0 amide bonds. The summed E-state index contributed by atoms with van der Waals surface area (Å²) in [6.07, 6.45) is 0. The first-order valence-electron chi connectivity index (χ1n) is 6.26. The number of thiophene rings is 1. The van der Waals surface area contributed by atoms with E-state index in [1.165, 1.54) is 20.6 Å². The molecule has 2 aromatic rings. The Hall–Kier alpha value is -1.00. The highest BCUT2D eigenvalue weighted by atomic mass is 79.9. The van der Waals surface area contributed by atoms with Crippen molar-refractivity contribution in [3.8, 4) is 0 Å². The predicted octanol–water partition coefficient (Wildman–Crippen LogP) is 5.06. The molecule has 0 aliphatic rings. The van der Waals surface area contributed by atoms with Crippen LogP contribution in [0.3, 0.4) is 0 Å². The highest BCUT2D eigenvalue weighted by Gasteiger charge is 2.11. The van der Waals surface area contributed by atoms with Gasteiger partial charge >= 0.3 is 0 Å². The van der Waals surface area contributed by atoms with Crippen molar-refractivity contribution in [3.05, 3.63) is 44.6 Å². The highest BCUT2D eigenvalue weighted by molar-refractivity contribution is 9.10. The Labute approximate surface area is 127 Å². The van der Waals surface area contributed by atoms with Crippen LogP contribution < -0.4 is 10.2 Å². The number of hydrogen-bond acceptors (Lipinski definition) is 3. The van der Waals surface area contributed by atoms with E-state index in [2.05, 4.69) is 83.7 Å². The Morgan fingerprint density at radius 3 is 2.58 bits per heavy atom. The fraction of sp³-hybridized carbons (Fsp3) is 0.333. The van der Waals surface area contributed by atoms with Gasteiger partial charge in [0, 0.05) is 34.8 Å². The first-order valence-corrected chi connectivity index (χ1v) is 7.93. The molecule has 1 aromatic heterocycles. The zero-order valence-corrected chi connectivity index (χ0v) is 14.1. The number of anilines is 2. The monoisotopic (exact) mass is 338 g/mol. The standard InChI is InChI=1S/C15H19BrN2S/c1-10-5-6-12(9-14(10)18(3)4)17-11(2)15-13(16)7-8-19-15/h5-9,11,17H,1-4H3. The molecule has 19 heavy (non-hydrogen) atoms. The highest BCUT2D eigenvalue weighted by Crippen LogP contribution is 2.32. The van der Waals surface area contributed by atoms with Crippen molar-refractivity contribution in [2.45, 2.75) is 19.9 Å². The molecule has 4 heteroatoms. The summed E-state index contributed by atoms with van der Waals surface area (Å²) >= 11 is 5.36. The minimum Gasteiger partial charge on any atom is -0.378 e. The molecular formula is C15H19BrN2S. The molecule has 0 bridgehead atoms. The van der Waals surface area contributed by atoms with Crippen LogP contribution in [0.1, 0.15) is 23.4 Å². The summed E-state index contributed by atoms with van der Waals surface area (Å²) in [6, 6.07) is 8.90. The number of hydrogen-bond donors (Lipinski definition) is 1. The zero-order chi connectivity index (χ0) is 14.0. The molecule has 0 fully saturated rings. The van der Waals surface area contributed by atoms with Crippen molar-refractivity contribution in [1.29, 1.82) is 0 Å². The van der Waals surface area contributed by atoms with Gasteiger partial charge in [-0.15, -0.1) is 11.3 Å². The average Bonchev–Trinajstić information content (AvgIpc) is 2.77. The SMILES string of the molecule is Cc1ccc(NC(C)c2sccc2Br)cc1N(C)C. The van der Waals surface area contributed by atoms with Gasteiger partial charge in [-0.1, -0.05) is 6.07 Å². The van der Waals surface area contributed by atoms with Crippen LogP contribution in [0.5, 0.6) is 0 Å². The lowest BCUT2D eigenvalue weighted by molar-refractivity contribution is 0.902. The van der Waals surface area contributed by atoms with Crippen LogP contribution >= 0.6 is 27.3 Å². The van der Waals surface area contributed by atoms with E-state index in [1.807, 2.05) is 0 Å². The number of nitrogens with zero attached hydrogens (tertiary/aromatic N) is 1. The lowest BCUT2D eigenvalue weighted by Gasteiger charge is -2.20. The quantitative estimate of drug-likeness (QED) is 0.838. The lowest BCUT2D eigenvalue weighted by Crippen LogP contribution is -2.11. The van der Waals surface area contributed by atoms with Crippen LogP contribution in [0, 0.1) is 6.92 Å². The first kappa shape index (κ1) is 14.4. The third kappa shape index (κ3) is 3.31. The summed E-state index contributed by atoms with van der Waals surface area (Å²) in [5, 5.41) is 5.67. The van der Waals surface area contributed by atoms with Crippen LogP contribution in [0.4, 0.5) is 11.4 Å². The van der Waals surface area contributed by atoms with E-state index in [0.717, 1.165) is 5.69 Å². The molecule has 1 unspecified atom stereocenters. The minimum atomic E-state index is 0.298. The molecule has 0 radical (unpaired) electrons.